The SMILES string of the molecule is Cc1ccccc1NC(=O)Nc1ccc(CNC(=O)C2=CCN(C(=O)CC(=O)O)[C@@H]2C(C)C)cc1. The van der Waals surface area contributed by atoms with Crippen LogP contribution < -0.4 is 16.0 Å². The summed E-state index contributed by atoms with van der Waals surface area (Å²) >= 11 is 0. The van der Waals surface area contributed by atoms with Crippen LogP contribution in [0.1, 0.15) is 31.4 Å². The third-order valence-corrected chi connectivity index (χ3v) is 5.74. The summed E-state index contributed by atoms with van der Waals surface area (Å²) in [5.74, 6) is -2.05. The van der Waals surface area contributed by atoms with Gasteiger partial charge in [0.05, 0.1) is 6.04 Å². The fourth-order valence-corrected chi connectivity index (χ4v) is 4.02. The largest absolute Gasteiger partial charge is 0.481 e. The van der Waals surface area contributed by atoms with E-state index in [1.165, 1.54) is 4.90 Å². The number of carboxylic acid groups (broad SMARTS) is 1. The molecule has 2 aromatic carbocycles. The Hall–Kier alpha value is -4.14. The van der Waals surface area contributed by atoms with E-state index in [0.717, 1.165) is 16.8 Å². The van der Waals surface area contributed by atoms with Gasteiger partial charge in [0, 0.05) is 30.0 Å². The third kappa shape index (κ3) is 6.69. The van der Waals surface area contributed by atoms with Crippen LogP contribution in [0.5, 0.6) is 0 Å². The Bertz CT molecular complexity index is 1140. The van der Waals surface area contributed by atoms with Crippen LogP contribution in [0, 0.1) is 12.8 Å². The summed E-state index contributed by atoms with van der Waals surface area (Å²) in [6.45, 7) is 6.16. The topological polar surface area (TPSA) is 128 Å². The molecule has 9 heteroatoms. The van der Waals surface area contributed by atoms with Gasteiger partial charge in [-0.25, -0.2) is 4.79 Å². The Balaban J connectivity index is 1.54. The maximum atomic E-state index is 12.8. The number of aryl methyl sites for hydroxylation is 1. The lowest BCUT2D eigenvalue weighted by Crippen LogP contribution is -2.44. The summed E-state index contributed by atoms with van der Waals surface area (Å²) in [5.41, 5.74) is 3.59. The van der Waals surface area contributed by atoms with Crippen LogP contribution in [-0.4, -0.2) is 46.4 Å². The highest BCUT2D eigenvalue weighted by molar-refractivity contribution is 6.00. The molecule has 0 unspecified atom stereocenters. The highest BCUT2D eigenvalue weighted by Crippen LogP contribution is 2.26. The van der Waals surface area contributed by atoms with Crippen molar-refractivity contribution in [2.24, 2.45) is 5.92 Å². The molecule has 0 saturated carbocycles. The molecule has 0 aromatic heterocycles. The zero-order valence-corrected chi connectivity index (χ0v) is 20.0. The second-order valence-electron chi connectivity index (χ2n) is 8.74. The molecule has 4 amide bonds. The number of urea groups is 1. The van der Waals surface area contributed by atoms with Gasteiger partial charge in [-0.3, -0.25) is 14.4 Å². The van der Waals surface area contributed by atoms with Gasteiger partial charge in [0.1, 0.15) is 6.42 Å². The van der Waals surface area contributed by atoms with E-state index in [1.807, 2.05) is 45.0 Å². The smallest absolute Gasteiger partial charge is 0.323 e. The van der Waals surface area contributed by atoms with Gasteiger partial charge in [0.2, 0.25) is 11.8 Å². The van der Waals surface area contributed by atoms with Gasteiger partial charge in [-0.1, -0.05) is 50.3 Å². The van der Waals surface area contributed by atoms with Crippen LogP contribution in [0.2, 0.25) is 0 Å². The second-order valence-corrected chi connectivity index (χ2v) is 8.74. The van der Waals surface area contributed by atoms with Crippen molar-refractivity contribution in [3.05, 3.63) is 71.3 Å². The number of anilines is 2. The first-order chi connectivity index (χ1) is 16.7. The highest BCUT2D eigenvalue weighted by atomic mass is 16.4. The van der Waals surface area contributed by atoms with Gasteiger partial charge in [-0.2, -0.15) is 0 Å². The van der Waals surface area contributed by atoms with Crippen LogP contribution in [-0.2, 0) is 20.9 Å². The first-order valence-corrected chi connectivity index (χ1v) is 11.4. The van der Waals surface area contributed by atoms with E-state index in [2.05, 4.69) is 16.0 Å². The molecular formula is C26H30N4O5. The van der Waals surface area contributed by atoms with Gasteiger partial charge in [-0.15, -0.1) is 0 Å². The molecule has 0 fully saturated rings. The van der Waals surface area contributed by atoms with E-state index >= 15 is 0 Å². The first-order valence-electron chi connectivity index (χ1n) is 11.4. The number of nitrogens with zero attached hydrogens (tertiary/aromatic N) is 1. The molecule has 0 aliphatic carbocycles. The van der Waals surface area contributed by atoms with Crippen molar-refractivity contribution in [2.75, 3.05) is 17.2 Å². The maximum Gasteiger partial charge on any atom is 0.323 e. The molecule has 0 spiro atoms. The lowest BCUT2D eigenvalue weighted by atomic mass is 9.96. The molecule has 0 radical (unpaired) electrons. The zero-order chi connectivity index (χ0) is 25.5. The van der Waals surface area contributed by atoms with Crippen molar-refractivity contribution in [1.29, 1.82) is 0 Å². The Labute approximate surface area is 204 Å². The Morgan fingerprint density at radius 3 is 2.34 bits per heavy atom. The fourth-order valence-electron chi connectivity index (χ4n) is 4.02. The van der Waals surface area contributed by atoms with Crippen molar-refractivity contribution in [3.63, 3.8) is 0 Å². The van der Waals surface area contributed by atoms with Crippen molar-refractivity contribution in [2.45, 2.75) is 39.8 Å². The second kappa shape index (κ2) is 11.3. The summed E-state index contributed by atoms with van der Waals surface area (Å²) in [6, 6.07) is 13.8. The predicted octanol–water partition coefficient (Wildman–Crippen LogP) is 3.52. The van der Waals surface area contributed by atoms with Crippen molar-refractivity contribution < 1.29 is 24.3 Å². The lowest BCUT2D eigenvalue weighted by Gasteiger charge is -2.29. The van der Waals surface area contributed by atoms with Gasteiger partial charge in [0.15, 0.2) is 0 Å². The maximum absolute atomic E-state index is 12.8. The minimum absolute atomic E-state index is 0.0524. The number of rotatable bonds is 8. The molecule has 184 valence electrons. The molecule has 1 aliphatic heterocycles. The van der Waals surface area contributed by atoms with Crippen LogP contribution >= 0.6 is 0 Å². The molecule has 1 heterocycles. The van der Waals surface area contributed by atoms with E-state index in [9.17, 15) is 19.2 Å². The van der Waals surface area contributed by atoms with Crippen molar-refractivity contribution in [3.8, 4) is 0 Å². The molecule has 2 aromatic rings. The van der Waals surface area contributed by atoms with E-state index in [0.29, 0.717) is 11.3 Å². The van der Waals surface area contributed by atoms with E-state index in [1.54, 1.807) is 30.3 Å². The summed E-state index contributed by atoms with van der Waals surface area (Å²) in [6.07, 6.45) is 1.08. The molecular weight excluding hydrogens is 448 g/mol. The van der Waals surface area contributed by atoms with Crippen LogP contribution in [0.15, 0.2) is 60.2 Å². The van der Waals surface area contributed by atoms with Crippen molar-refractivity contribution in [1.82, 2.24) is 10.2 Å². The fraction of sp³-hybridized carbons (Fsp3) is 0.308. The van der Waals surface area contributed by atoms with Gasteiger partial charge in [-0.05, 0) is 42.2 Å². The number of carbonyl (C=O) groups excluding carboxylic acids is 3. The minimum Gasteiger partial charge on any atom is -0.481 e. The molecule has 0 saturated heterocycles. The van der Waals surface area contributed by atoms with E-state index in [-0.39, 0.29) is 30.9 Å². The number of benzene rings is 2. The molecule has 3 rings (SSSR count). The van der Waals surface area contributed by atoms with E-state index in [4.69, 9.17) is 5.11 Å². The molecule has 1 aliphatic rings. The standard InChI is InChI=1S/C26H30N4O5/c1-16(2)24-20(12-13-30(24)22(31)14-23(32)33)25(34)27-15-18-8-10-19(11-9-18)28-26(35)29-21-7-5-4-6-17(21)3/h4-12,16,24H,13-15H2,1-3H3,(H,27,34)(H,32,33)(H2,28,29,35)/t24-/m1/s1. The van der Waals surface area contributed by atoms with Crippen LogP contribution in [0.4, 0.5) is 16.2 Å². The molecule has 35 heavy (non-hydrogen) atoms. The molecule has 0 bridgehead atoms. The zero-order valence-electron chi connectivity index (χ0n) is 20.0. The predicted molar refractivity (Wildman–Crippen MR) is 133 cm³/mol. The Morgan fingerprint density at radius 1 is 1.03 bits per heavy atom. The van der Waals surface area contributed by atoms with Crippen LogP contribution in [0.3, 0.4) is 0 Å². The quantitative estimate of drug-likeness (QED) is 0.432. The number of aliphatic carboxylic acids is 1. The van der Waals surface area contributed by atoms with Gasteiger partial charge in [0.25, 0.3) is 0 Å². The number of hydrogen-bond donors (Lipinski definition) is 4. The number of hydrogen-bond acceptors (Lipinski definition) is 4. The summed E-state index contributed by atoms with van der Waals surface area (Å²) in [4.78, 5) is 49.8. The number of carboxylic acids is 1. The summed E-state index contributed by atoms with van der Waals surface area (Å²) < 4.78 is 0. The summed E-state index contributed by atoms with van der Waals surface area (Å²) in [7, 11) is 0. The van der Waals surface area contributed by atoms with Gasteiger partial charge >= 0.3 is 12.0 Å². The van der Waals surface area contributed by atoms with E-state index < -0.39 is 24.3 Å². The number of amides is 4. The number of carbonyl (C=O) groups is 4. The average Bonchev–Trinajstić information content (AvgIpc) is 3.25. The monoisotopic (exact) mass is 478 g/mol. The third-order valence-electron chi connectivity index (χ3n) is 5.74. The normalized spacial score (nSPS) is 14.9. The summed E-state index contributed by atoms with van der Waals surface area (Å²) in [5, 5.41) is 17.4. The average molecular weight is 479 g/mol. The van der Waals surface area contributed by atoms with Crippen molar-refractivity contribution >= 4 is 35.2 Å². The minimum atomic E-state index is -1.19. The Kier molecular flexibility index (Phi) is 8.25. The number of nitrogens with one attached hydrogen (secondary N) is 3. The number of para-hydroxylation sites is 1. The highest BCUT2D eigenvalue weighted by Gasteiger charge is 2.36. The molecule has 4 N–H and O–H groups in total. The van der Waals surface area contributed by atoms with Gasteiger partial charge < -0.3 is 26.0 Å². The van der Waals surface area contributed by atoms with Crippen LogP contribution in [0.25, 0.3) is 0 Å². The molecule has 1 atom stereocenters. The molecule has 9 nitrogen and oxygen atoms in total. The Morgan fingerprint density at radius 2 is 1.71 bits per heavy atom. The first kappa shape index (κ1) is 25.5. The lowest BCUT2D eigenvalue weighted by molar-refractivity contribution is -0.144.